The van der Waals surface area contributed by atoms with Gasteiger partial charge in [0, 0.05) is 17.9 Å². The highest BCUT2D eigenvalue weighted by atomic mass is 32.1. The van der Waals surface area contributed by atoms with Crippen molar-refractivity contribution in [3.8, 4) is 0 Å². The van der Waals surface area contributed by atoms with Crippen LogP contribution in [0, 0.1) is 0 Å². The zero-order chi connectivity index (χ0) is 13.0. The number of alkyl halides is 2. The molecule has 0 fully saturated rings. The maximum absolute atomic E-state index is 12.7. The van der Waals surface area contributed by atoms with Crippen LogP contribution in [0.5, 0.6) is 0 Å². The maximum Gasteiger partial charge on any atom is 0.253 e. The molecule has 0 bridgehead atoms. The molecule has 1 aromatic carbocycles. The third-order valence-corrected chi connectivity index (χ3v) is 3.87. The van der Waals surface area contributed by atoms with Gasteiger partial charge in [0.25, 0.3) is 6.43 Å². The minimum absolute atomic E-state index is 0.0692. The Morgan fingerprint density at radius 2 is 2.06 bits per heavy atom. The van der Waals surface area contributed by atoms with Gasteiger partial charge < -0.3 is 10.4 Å². The number of halogens is 2. The molecule has 0 radical (unpaired) electrons. The Morgan fingerprint density at radius 3 is 2.78 bits per heavy atom. The van der Waals surface area contributed by atoms with E-state index < -0.39 is 12.5 Å². The summed E-state index contributed by atoms with van der Waals surface area (Å²) in [5.74, 6) is 0. The average Bonchev–Trinajstić information content (AvgIpc) is 2.77. The Balaban J connectivity index is 2.05. The SMILES string of the molecule is OCCC(NCc1csc2ccccc12)C(F)F. The molecule has 0 aliphatic rings. The van der Waals surface area contributed by atoms with Crippen molar-refractivity contribution in [3.63, 3.8) is 0 Å². The molecule has 0 saturated carbocycles. The van der Waals surface area contributed by atoms with E-state index in [1.165, 1.54) is 0 Å². The largest absolute Gasteiger partial charge is 0.396 e. The molecule has 0 aliphatic carbocycles. The maximum atomic E-state index is 12.7. The number of thiophene rings is 1. The van der Waals surface area contributed by atoms with Crippen LogP contribution in [-0.2, 0) is 6.54 Å². The lowest BCUT2D eigenvalue weighted by molar-refractivity contribution is 0.0827. The van der Waals surface area contributed by atoms with Crippen LogP contribution in [0.1, 0.15) is 12.0 Å². The van der Waals surface area contributed by atoms with Crippen LogP contribution in [0.15, 0.2) is 29.6 Å². The van der Waals surface area contributed by atoms with Crippen molar-refractivity contribution in [3.05, 3.63) is 35.2 Å². The molecule has 2 N–H and O–H groups in total. The lowest BCUT2D eigenvalue weighted by Crippen LogP contribution is -2.35. The molecule has 2 aromatic rings. The fraction of sp³-hybridized carbons (Fsp3) is 0.385. The van der Waals surface area contributed by atoms with Crippen molar-refractivity contribution in [2.45, 2.75) is 25.4 Å². The Morgan fingerprint density at radius 1 is 1.28 bits per heavy atom. The molecular formula is C13H15F2NOS. The topological polar surface area (TPSA) is 32.3 Å². The number of rotatable bonds is 6. The zero-order valence-electron chi connectivity index (χ0n) is 9.77. The fourth-order valence-corrected chi connectivity index (χ4v) is 2.83. The number of benzene rings is 1. The van der Waals surface area contributed by atoms with Crippen LogP contribution in [0.4, 0.5) is 8.78 Å². The summed E-state index contributed by atoms with van der Waals surface area (Å²) in [6.07, 6.45) is -2.39. The highest BCUT2D eigenvalue weighted by molar-refractivity contribution is 7.17. The molecule has 1 unspecified atom stereocenters. The third kappa shape index (κ3) is 3.04. The first kappa shape index (κ1) is 13.4. The van der Waals surface area contributed by atoms with Crippen LogP contribution in [0.2, 0.25) is 0 Å². The molecule has 0 aliphatic heterocycles. The van der Waals surface area contributed by atoms with Crippen LogP contribution in [0.3, 0.4) is 0 Å². The minimum atomic E-state index is -2.46. The molecular weight excluding hydrogens is 256 g/mol. The molecule has 5 heteroatoms. The van der Waals surface area contributed by atoms with Crippen LogP contribution >= 0.6 is 11.3 Å². The number of nitrogens with one attached hydrogen (secondary N) is 1. The van der Waals surface area contributed by atoms with Gasteiger partial charge in [-0.1, -0.05) is 18.2 Å². The molecule has 1 heterocycles. The summed E-state index contributed by atoms with van der Waals surface area (Å²) in [5, 5.41) is 14.6. The van der Waals surface area contributed by atoms with Gasteiger partial charge in [-0.05, 0) is 28.8 Å². The molecule has 0 amide bonds. The number of fused-ring (bicyclic) bond motifs is 1. The van der Waals surface area contributed by atoms with Gasteiger partial charge in [0.2, 0.25) is 0 Å². The van der Waals surface area contributed by atoms with Crippen molar-refractivity contribution in [1.29, 1.82) is 0 Å². The lowest BCUT2D eigenvalue weighted by atomic mass is 10.1. The van der Waals surface area contributed by atoms with E-state index in [0.717, 1.165) is 15.6 Å². The lowest BCUT2D eigenvalue weighted by Gasteiger charge is -2.16. The van der Waals surface area contributed by atoms with Crippen molar-refractivity contribution in [1.82, 2.24) is 5.32 Å². The molecule has 2 nitrogen and oxygen atoms in total. The van der Waals surface area contributed by atoms with Gasteiger partial charge in [0.15, 0.2) is 0 Å². The summed E-state index contributed by atoms with van der Waals surface area (Å²) in [6.45, 7) is 0.172. The minimum Gasteiger partial charge on any atom is -0.396 e. The fourth-order valence-electron chi connectivity index (χ4n) is 1.87. The number of aliphatic hydroxyl groups is 1. The number of hydrogen-bond donors (Lipinski definition) is 2. The van der Waals surface area contributed by atoms with Gasteiger partial charge in [0.1, 0.15) is 0 Å². The third-order valence-electron chi connectivity index (χ3n) is 2.86. The first-order chi connectivity index (χ1) is 8.72. The van der Waals surface area contributed by atoms with E-state index in [9.17, 15) is 8.78 Å². The van der Waals surface area contributed by atoms with E-state index in [4.69, 9.17) is 5.11 Å². The van der Waals surface area contributed by atoms with Crippen molar-refractivity contribution >= 4 is 21.4 Å². The molecule has 1 atom stereocenters. The highest BCUT2D eigenvalue weighted by Crippen LogP contribution is 2.25. The highest BCUT2D eigenvalue weighted by Gasteiger charge is 2.19. The van der Waals surface area contributed by atoms with Gasteiger partial charge in [0.05, 0.1) is 6.04 Å². The molecule has 18 heavy (non-hydrogen) atoms. The molecule has 2 rings (SSSR count). The van der Waals surface area contributed by atoms with Gasteiger partial charge in [-0.15, -0.1) is 11.3 Å². The first-order valence-electron chi connectivity index (χ1n) is 5.80. The summed E-state index contributed by atoms with van der Waals surface area (Å²) < 4.78 is 26.5. The quantitative estimate of drug-likeness (QED) is 0.846. The van der Waals surface area contributed by atoms with E-state index in [-0.39, 0.29) is 13.0 Å². The van der Waals surface area contributed by atoms with Gasteiger partial charge in [-0.25, -0.2) is 8.78 Å². The number of hydrogen-bond acceptors (Lipinski definition) is 3. The van der Waals surface area contributed by atoms with Gasteiger partial charge >= 0.3 is 0 Å². The van der Waals surface area contributed by atoms with Crippen molar-refractivity contribution in [2.75, 3.05) is 6.61 Å². The van der Waals surface area contributed by atoms with E-state index in [0.29, 0.717) is 6.54 Å². The van der Waals surface area contributed by atoms with Crippen molar-refractivity contribution < 1.29 is 13.9 Å². The zero-order valence-corrected chi connectivity index (χ0v) is 10.6. The number of aliphatic hydroxyl groups excluding tert-OH is 1. The van der Waals surface area contributed by atoms with E-state index in [2.05, 4.69) is 5.32 Å². The summed E-state index contributed by atoms with van der Waals surface area (Å²) in [4.78, 5) is 0. The molecule has 0 saturated heterocycles. The monoisotopic (exact) mass is 271 g/mol. The Labute approximate surface area is 108 Å². The predicted octanol–water partition coefficient (Wildman–Crippen LogP) is 3.01. The smallest absolute Gasteiger partial charge is 0.253 e. The van der Waals surface area contributed by atoms with Crippen LogP contribution in [-0.4, -0.2) is 24.2 Å². The molecule has 98 valence electrons. The van der Waals surface area contributed by atoms with Gasteiger partial charge in [-0.3, -0.25) is 0 Å². The van der Waals surface area contributed by atoms with Crippen LogP contribution < -0.4 is 5.32 Å². The second kappa shape index (κ2) is 6.22. The van der Waals surface area contributed by atoms with E-state index >= 15 is 0 Å². The van der Waals surface area contributed by atoms with Gasteiger partial charge in [-0.2, -0.15) is 0 Å². The Kier molecular flexibility index (Phi) is 4.63. The summed E-state index contributed by atoms with van der Waals surface area (Å²) in [5.41, 5.74) is 1.03. The second-order valence-electron chi connectivity index (χ2n) is 4.09. The van der Waals surface area contributed by atoms with Crippen molar-refractivity contribution in [2.24, 2.45) is 0 Å². The first-order valence-corrected chi connectivity index (χ1v) is 6.68. The second-order valence-corrected chi connectivity index (χ2v) is 5.00. The van der Waals surface area contributed by atoms with E-state index in [1.807, 2.05) is 29.6 Å². The molecule has 0 spiro atoms. The Bertz CT molecular complexity index is 500. The van der Waals surface area contributed by atoms with E-state index in [1.54, 1.807) is 11.3 Å². The predicted molar refractivity (Wildman–Crippen MR) is 70.2 cm³/mol. The summed E-state index contributed by atoms with van der Waals surface area (Å²) in [6, 6.07) is 6.96. The summed E-state index contributed by atoms with van der Waals surface area (Å²) in [7, 11) is 0. The molecule has 1 aromatic heterocycles. The van der Waals surface area contributed by atoms with Crippen LogP contribution in [0.25, 0.3) is 10.1 Å². The summed E-state index contributed by atoms with van der Waals surface area (Å²) >= 11 is 1.61. The average molecular weight is 271 g/mol. The Hall–Kier alpha value is -1.04. The standard InChI is InChI=1S/C13H15F2NOS/c14-13(15)11(5-6-17)16-7-9-8-18-12-4-2-1-3-10(9)12/h1-4,8,11,13,16-17H,5-7H2. The normalized spacial score (nSPS) is 13.3.